The fourth-order valence-electron chi connectivity index (χ4n) is 6.81. The lowest BCUT2D eigenvalue weighted by molar-refractivity contribution is -0.0739. The van der Waals surface area contributed by atoms with Crippen LogP contribution in [0.5, 0.6) is 0 Å². The molecule has 0 spiro atoms. The molecular weight excluding hydrogens is 372 g/mol. The second kappa shape index (κ2) is 11.8. The van der Waals surface area contributed by atoms with Gasteiger partial charge in [0.2, 0.25) is 0 Å². The van der Waals surface area contributed by atoms with Crippen LogP contribution in [-0.4, -0.2) is 18.4 Å². The fourth-order valence-corrected chi connectivity index (χ4v) is 6.81. The van der Waals surface area contributed by atoms with Crippen LogP contribution in [0, 0.1) is 29.6 Å². The van der Waals surface area contributed by atoms with Crippen molar-refractivity contribution in [3.63, 3.8) is 0 Å². The third-order valence-corrected chi connectivity index (χ3v) is 8.90. The van der Waals surface area contributed by atoms with Crippen molar-refractivity contribution >= 4 is 6.16 Å². The molecule has 3 fully saturated rings. The molecule has 0 heterocycles. The van der Waals surface area contributed by atoms with Crippen molar-refractivity contribution in [2.24, 2.45) is 29.6 Å². The molecule has 3 saturated carbocycles. The lowest BCUT2D eigenvalue weighted by Crippen LogP contribution is -2.41. The molecule has 0 unspecified atom stereocenters. The van der Waals surface area contributed by atoms with Crippen molar-refractivity contribution in [3.8, 4) is 0 Å². The number of rotatable bonds is 8. The van der Waals surface area contributed by atoms with Crippen molar-refractivity contribution in [1.82, 2.24) is 0 Å². The molecule has 0 atom stereocenters. The normalized spacial score (nSPS) is 37.5. The highest BCUT2D eigenvalue weighted by Gasteiger charge is 2.41. The van der Waals surface area contributed by atoms with Gasteiger partial charge in [0.05, 0.1) is 6.61 Å². The Morgan fingerprint density at radius 2 is 1.37 bits per heavy atom. The first-order valence-electron chi connectivity index (χ1n) is 13.4. The van der Waals surface area contributed by atoms with E-state index in [2.05, 4.69) is 13.8 Å². The monoisotopic (exact) mass is 420 g/mol. The van der Waals surface area contributed by atoms with E-state index in [1.54, 1.807) is 0 Å². The minimum Gasteiger partial charge on any atom is -0.435 e. The Balaban J connectivity index is 1.51. The Hall–Kier alpha value is -0.730. The zero-order valence-corrected chi connectivity index (χ0v) is 20.1. The third-order valence-electron chi connectivity index (χ3n) is 8.90. The van der Waals surface area contributed by atoms with E-state index in [0.29, 0.717) is 6.61 Å². The van der Waals surface area contributed by atoms with Gasteiger partial charge in [0.25, 0.3) is 0 Å². The van der Waals surface area contributed by atoms with Crippen LogP contribution in [0.3, 0.4) is 0 Å². The fraction of sp³-hybridized carbons (Fsp3) is 0.963. The summed E-state index contributed by atoms with van der Waals surface area (Å²) in [6.07, 6.45) is 20.4. The van der Waals surface area contributed by atoms with Gasteiger partial charge >= 0.3 is 6.16 Å². The van der Waals surface area contributed by atoms with Gasteiger partial charge in [0, 0.05) is 0 Å². The average Bonchev–Trinajstić information content (AvgIpc) is 2.75. The second-order valence-electron chi connectivity index (χ2n) is 11.0. The quantitative estimate of drug-likeness (QED) is 0.370. The molecule has 3 rings (SSSR count). The van der Waals surface area contributed by atoms with Crippen molar-refractivity contribution in [3.05, 3.63) is 0 Å². The van der Waals surface area contributed by atoms with Crippen LogP contribution in [0.15, 0.2) is 0 Å². The summed E-state index contributed by atoms with van der Waals surface area (Å²) in [5, 5.41) is 0. The van der Waals surface area contributed by atoms with Crippen LogP contribution in [-0.2, 0) is 9.47 Å². The molecule has 0 aromatic carbocycles. The Kier molecular flexibility index (Phi) is 9.38. The molecule has 3 heteroatoms. The largest absolute Gasteiger partial charge is 0.508 e. The van der Waals surface area contributed by atoms with Gasteiger partial charge in [-0.15, -0.1) is 0 Å². The summed E-state index contributed by atoms with van der Waals surface area (Å²) in [6, 6.07) is 0. The average molecular weight is 421 g/mol. The Morgan fingerprint density at radius 3 is 1.93 bits per heavy atom. The summed E-state index contributed by atoms with van der Waals surface area (Å²) in [7, 11) is 0. The lowest BCUT2D eigenvalue weighted by Gasteiger charge is -2.43. The molecule has 30 heavy (non-hydrogen) atoms. The maximum Gasteiger partial charge on any atom is 0.508 e. The van der Waals surface area contributed by atoms with E-state index in [9.17, 15) is 4.79 Å². The predicted molar refractivity (Wildman–Crippen MR) is 124 cm³/mol. The van der Waals surface area contributed by atoms with E-state index in [-0.39, 0.29) is 5.60 Å². The highest BCUT2D eigenvalue weighted by atomic mass is 16.7. The van der Waals surface area contributed by atoms with Crippen LogP contribution in [0.25, 0.3) is 0 Å². The number of hydrogen-bond donors (Lipinski definition) is 0. The first-order valence-corrected chi connectivity index (χ1v) is 13.4. The summed E-state index contributed by atoms with van der Waals surface area (Å²) >= 11 is 0. The summed E-state index contributed by atoms with van der Waals surface area (Å²) in [5.41, 5.74) is -0.259. The Morgan fingerprint density at radius 1 is 0.800 bits per heavy atom. The summed E-state index contributed by atoms with van der Waals surface area (Å²) in [6.45, 7) is 6.99. The second-order valence-corrected chi connectivity index (χ2v) is 11.0. The molecule has 0 aliphatic heterocycles. The molecule has 3 aliphatic rings. The molecule has 0 aromatic rings. The smallest absolute Gasteiger partial charge is 0.435 e. The molecule has 3 aliphatic carbocycles. The van der Waals surface area contributed by atoms with E-state index in [4.69, 9.17) is 9.47 Å². The SMILES string of the molecule is CCCC1CCC(CCC2(OC(=O)OCC)CCC(C3CCC(C)CC3)CC2)CC1. The van der Waals surface area contributed by atoms with Gasteiger partial charge in [-0.1, -0.05) is 65.2 Å². The van der Waals surface area contributed by atoms with Gasteiger partial charge in [-0.2, -0.15) is 0 Å². The molecule has 3 nitrogen and oxygen atoms in total. The zero-order valence-electron chi connectivity index (χ0n) is 20.1. The number of ether oxygens (including phenoxy) is 2. The minimum absolute atomic E-state index is 0.259. The first kappa shape index (κ1) is 23.9. The van der Waals surface area contributed by atoms with E-state index in [0.717, 1.165) is 48.9 Å². The van der Waals surface area contributed by atoms with Crippen molar-refractivity contribution in [2.45, 2.75) is 129 Å². The van der Waals surface area contributed by atoms with E-state index in [1.807, 2.05) is 6.92 Å². The molecule has 0 N–H and O–H groups in total. The molecular formula is C27H48O3. The zero-order chi connectivity index (χ0) is 21.4. The van der Waals surface area contributed by atoms with E-state index < -0.39 is 6.16 Å². The van der Waals surface area contributed by atoms with Gasteiger partial charge in [0.15, 0.2) is 0 Å². The molecule has 0 bridgehead atoms. The molecule has 174 valence electrons. The van der Waals surface area contributed by atoms with Crippen LogP contribution in [0.4, 0.5) is 4.79 Å². The first-order chi connectivity index (χ1) is 14.5. The Labute approximate surface area is 186 Å². The molecule has 0 saturated heterocycles. The number of carbonyl (C=O) groups excluding carboxylic acids is 1. The lowest BCUT2D eigenvalue weighted by atomic mass is 9.67. The molecule has 0 amide bonds. The standard InChI is InChI=1S/C27H48O3/c1-4-6-22-9-11-23(12-10-22)15-18-27(30-26(28)29-5-2)19-16-25(17-20-27)24-13-7-21(3)8-14-24/h21-25H,4-20H2,1-3H3. The minimum atomic E-state index is -0.436. The van der Waals surface area contributed by atoms with Crippen LogP contribution >= 0.6 is 0 Å². The maximum absolute atomic E-state index is 12.3. The van der Waals surface area contributed by atoms with Gasteiger partial charge < -0.3 is 9.47 Å². The predicted octanol–water partition coefficient (Wildman–Crippen LogP) is 8.30. The third kappa shape index (κ3) is 6.89. The topological polar surface area (TPSA) is 35.5 Å². The van der Waals surface area contributed by atoms with Crippen LogP contribution < -0.4 is 0 Å². The van der Waals surface area contributed by atoms with Gasteiger partial charge in [0.1, 0.15) is 5.60 Å². The maximum atomic E-state index is 12.3. The molecule has 0 aromatic heterocycles. The summed E-state index contributed by atoms with van der Waals surface area (Å²) in [5.74, 6) is 4.48. The molecule has 0 radical (unpaired) electrons. The number of hydrogen-bond acceptors (Lipinski definition) is 3. The van der Waals surface area contributed by atoms with Crippen molar-refractivity contribution < 1.29 is 14.3 Å². The van der Waals surface area contributed by atoms with Crippen LogP contribution in [0.2, 0.25) is 0 Å². The summed E-state index contributed by atoms with van der Waals surface area (Å²) in [4.78, 5) is 12.3. The number of carbonyl (C=O) groups is 1. The highest BCUT2D eigenvalue weighted by Crippen LogP contribution is 2.46. The van der Waals surface area contributed by atoms with E-state index >= 15 is 0 Å². The van der Waals surface area contributed by atoms with Crippen molar-refractivity contribution in [2.75, 3.05) is 6.61 Å². The van der Waals surface area contributed by atoms with Crippen LogP contribution in [0.1, 0.15) is 124 Å². The van der Waals surface area contributed by atoms with Gasteiger partial charge in [-0.25, -0.2) is 4.79 Å². The van der Waals surface area contributed by atoms with Gasteiger partial charge in [-0.3, -0.25) is 0 Å². The summed E-state index contributed by atoms with van der Waals surface area (Å²) < 4.78 is 11.3. The Bertz CT molecular complexity index is 492. The van der Waals surface area contributed by atoms with Gasteiger partial charge in [-0.05, 0) is 87.9 Å². The highest BCUT2D eigenvalue weighted by molar-refractivity contribution is 5.60. The van der Waals surface area contributed by atoms with E-state index in [1.165, 1.54) is 83.5 Å². The van der Waals surface area contributed by atoms with Crippen molar-refractivity contribution in [1.29, 1.82) is 0 Å².